The van der Waals surface area contributed by atoms with Crippen LogP contribution in [0, 0.1) is 13.8 Å². The zero-order valence-electron chi connectivity index (χ0n) is 19.0. The number of benzene rings is 2. The van der Waals surface area contributed by atoms with Gasteiger partial charge in [0.15, 0.2) is 0 Å². The summed E-state index contributed by atoms with van der Waals surface area (Å²) in [5.41, 5.74) is 7.61. The molecule has 1 aliphatic heterocycles. The van der Waals surface area contributed by atoms with Gasteiger partial charge in [0, 0.05) is 43.5 Å². The topological polar surface area (TPSA) is 63.3 Å². The van der Waals surface area contributed by atoms with Gasteiger partial charge in [0.25, 0.3) is 0 Å². The van der Waals surface area contributed by atoms with E-state index in [4.69, 9.17) is 14.2 Å². The minimum absolute atomic E-state index is 0.106. The van der Waals surface area contributed by atoms with Crippen molar-refractivity contribution in [1.29, 1.82) is 0 Å². The normalized spacial score (nSPS) is 16.7. The summed E-state index contributed by atoms with van der Waals surface area (Å²) in [6.45, 7) is 6.08. The SMILES string of the molecule is COc1cc(OC)cc(N2CCN(Nc3cc(C)c(C)cc3OC)C(C(=O)SC)C2)c1. The van der Waals surface area contributed by atoms with Gasteiger partial charge in [-0.05, 0) is 43.4 Å². The molecule has 0 saturated carbocycles. The highest BCUT2D eigenvalue weighted by Gasteiger charge is 2.33. The van der Waals surface area contributed by atoms with Crippen molar-refractivity contribution in [1.82, 2.24) is 5.01 Å². The summed E-state index contributed by atoms with van der Waals surface area (Å²) >= 11 is 1.25. The highest BCUT2D eigenvalue weighted by molar-refractivity contribution is 8.13. The summed E-state index contributed by atoms with van der Waals surface area (Å²) in [6.07, 6.45) is 1.82. The van der Waals surface area contributed by atoms with E-state index < -0.39 is 0 Å². The van der Waals surface area contributed by atoms with E-state index in [0.29, 0.717) is 13.1 Å². The van der Waals surface area contributed by atoms with Gasteiger partial charge in [0.05, 0.1) is 27.0 Å². The Kier molecular flexibility index (Phi) is 7.56. The van der Waals surface area contributed by atoms with Crippen molar-refractivity contribution in [3.05, 3.63) is 41.5 Å². The molecular weight excluding hydrogens is 414 g/mol. The fraction of sp³-hybridized carbons (Fsp3) is 0.435. The first kappa shape index (κ1) is 23.1. The molecule has 7 nitrogen and oxygen atoms in total. The zero-order chi connectivity index (χ0) is 22.5. The van der Waals surface area contributed by atoms with Crippen LogP contribution in [0.5, 0.6) is 17.2 Å². The van der Waals surface area contributed by atoms with Crippen LogP contribution < -0.4 is 24.5 Å². The first-order valence-electron chi connectivity index (χ1n) is 10.1. The molecule has 1 atom stereocenters. The lowest BCUT2D eigenvalue weighted by Gasteiger charge is -2.42. The largest absolute Gasteiger partial charge is 0.497 e. The second kappa shape index (κ2) is 10.2. The maximum atomic E-state index is 12.8. The molecule has 0 bridgehead atoms. The van der Waals surface area contributed by atoms with Gasteiger partial charge in [-0.15, -0.1) is 0 Å². The molecule has 0 aliphatic carbocycles. The predicted molar refractivity (Wildman–Crippen MR) is 127 cm³/mol. The molecule has 1 N–H and O–H groups in total. The molecular formula is C23H31N3O4S. The molecule has 8 heteroatoms. The first-order valence-corrected chi connectivity index (χ1v) is 11.4. The van der Waals surface area contributed by atoms with Gasteiger partial charge in [0.1, 0.15) is 23.3 Å². The average molecular weight is 446 g/mol. The molecule has 31 heavy (non-hydrogen) atoms. The zero-order valence-corrected chi connectivity index (χ0v) is 19.8. The summed E-state index contributed by atoms with van der Waals surface area (Å²) < 4.78 is 16.4. The van der Waals surface area contributed by atoms with Crippen LogP contribution in [0.25, 0.3) is 0 Å². The van der Waals surface area contributed by atoms with Crippen LogP contribution >= 0.6 is 11.8 Å². The number of hydrogen-bond acceptors (Lipinski definition) is 8. The highest BCUT2D eigenvalue weighted by atomic mass is 32.2. The molecule has 1 unspecified atom stereocenters. The molecule has 0 spiro atoms. The molecule has 3 rings (SSSR count). The summed E-state index contributed by atoms with van der Waals surface area (Å²) in [5, 5.41) is 2.12. The van der Waals surface area contributed by atoms with E-state index in [-0.39, 0.29) is 11.2 Å². The van der Waals surface area contributed by atoms with Gasteiger partial charge in [-0.2, -0.15) is 0 Å². The Balaban J connectivity index is 1.86. The van der Waals surface area contributed by atoms with Crippen molar-refractivity contribution in [2.75, 3.05) is 57.5 Å². The monoisotopic (exact) mass is 445 g/mol. The van der Waals surface area contributed by atoms with Gasteiger partial charge in [0.2, 0.25) is 5.12 Å². The fourth-order valence-corrected chi connectivity index (χ4v) is 4.14. The Morgan fingerprint density at radius 3 is 2.19 bits per heavy atom. The number of rotatable bonds is 7. The van der Waals surface area contributed by atoms with Crippen LogP contribution in [-0.4, -0.2) is 63.4 Å². The fourth-order valence-electron chi connectivity index (χ4n) is 3.66. The molecule has 168 valence electrons. The van der Waals surface area contributed by atoms with Gasteiger partial charge in [-0.1, -0.05) is 11.8 Å². The van der Waals surface area contributed by atoms with Crippen molar-refractivity contribution < 1.29 is 19.0 Å². The lowest BCUT2D eigenvalue weighted by Crippen LogP contribution is -2.57. The van der Waals surface area contributed by atoms with Crippen LogP contribution in [0.1, 0.15) is 11.1 Å². The third-order valence-corrected chi connectivity index (χ3v) is 6.31. The number of ether oxygens (including phenoxy) is 3. The van der Waals surface area contributed by atoms with E-state index in [1.165, 1.54) is 11.8 Å². The minimum atomic E-state index is -0.327. The van der Waals surface area contributed by atoms with Crippen molar-refractivity contribution >= 4 is 28.3 Å². The Bertz CT molecular complexity index is 915. The highest BCUT2D eigenvalue weighted by Crippen LogP contribution is 2.32. The summed E-state index contributed by atoms with van der Waals surface area (Å²) in [5.74, 6) is 2.21. The third-order valence-electron chi connectivity index (χ3n) is 5.63. The van der Waals surface area contributed by atoms with Gasteiger partial charge in [-0.3, -0.25) is 4.79 Å². The van der Waals surface area contributed by atoms with Gasteiger partial charge >= 0.3 is 0 Å². The molecule has 1 heterocycles. The second-order valence-corrected chi connectivity index (χ2v) is 8.31. The number of hydrogen-bond donors (Lipinski definition) is 1. The Morgan fingerprint density at radius 2 is 1.61 bits per heavy atom. The lowest BCUT2D eigenvalue weighted by atomic mass is 10.1. The van der Waals surface area contributed by atoms with Gasteiger partial charge < -0.3 is 24.5 Å². The third kappa shape index (κ3) is 5.19. The van der Waals surface area contributed by atoms with Crippen molar-refractivity contribution in [2.24, 2.45) is 0 Å². The Morgan fingerprint density at radius 1 is 0.968 bits per heavy atom. The average Bonchev–Trinajstić information content (AvgIpc) is 2.80. The van der Waals surface area contributed by atoms with E-state index in [2.05, 4.69) is 30.2 Å². The number of nitrogens with zero attached hydrogens (tertiary/aromatic N) is 2. The maximum Gasteiger partial charge on any atom is 0.209 e. The van der Waals surface area contributed by atoms with Crippen LogP contribution in [0.3, 0.4) is 0 Å². The number of anilines is 2. The standard InChI is InChI=1S/C23H31N3O4S/c1-15-9-20(22(30-5)10-16(15)2)24-26-8-7-25(14-21(26)23(27)31-6)17-11-18(28-3)13-19(12-17)29-4/h9-13,21,24H,7-8,14H2,1-6H3. The molecule has 1 aliphatic rings. The van der Waals surface area contributed by atoms with Crippen molar-refractivity contribution in [3.63, 3.8) is 0 Å². The first-order chi connectivity index (χ1) is 14.9. The van der Waals surface area contributed by atoms with E-state index in [1.807, 2.05) is 35.5 Å². The smallest absolute Gasteiger partial charge is 0.209 e. The number of hydrazine groups is 1. The maximum absolute atomic E-state index is 12.8. The number of thioether (sulfide) groups is 1. The van der Waals surface area contributed by atoms with E-state index in [9.17, 15) is 4.79 Å². The Labute approximate surface area is 188 Å². The lowest BCUT2D eigenvalue weighted by molar-refractivity contribution is -0.115. The van der Waals surface area contributed by atoms with Crippen molar-refractivity contribution in [2.45, 2.75) is 19.9 Å². The van der Waals surface area contributed by atoms with Gasteiger partial charge in [-0.25, -0.2) is 5.01 Å². The molecule has 2 aromatic carbocycles. The van der Waals surface area contributed by atoms with Crippen LogP contribution in [0.15, 0.2) is 30.3 Å². The van der Waals surface area contributed by atoms with Crippen LogP contribution in [0.2, 0.25) is 0 Å². The molecule has 1 fully saturated rings. The van der Waals surface area contributed by atoms with Crippen LogP contribution in [0.4, 0.5) is 11.4 Å². The number of aryl methyl sites for hydroxylation is 2. The predicted octanol–water partition coefficient (Wildman–Crippen LogP) is 3.74. The second-order valence-electron chi connectivity index (χ2n) is 7.50. The Hall–Kier alpha value is -2.58. The van der Waals surface area contributed by atoms with E-state index in [1.54, 1.807) is 21.3 Å². The quantitative estimate of drug-likeness (QED) is 0.692. The summed E-state index contributed by atoms with van der Waals surface area (Å²) in [4.78, 5) is 15.0. The van der Waals surface area contributed by atoms with Crippen LogP contribution in [-0.2, 0) is 4.79 Å². The number of carbonyl (C=O) groups is 1. The molecule has 2 aromatic rings. The van der Waals surface area contributed by atoms with E-state index in [0.717, 1.165) is 46.3 Å². The molecule has 1 saturated heterocycles. The number of carbonyl (C=O) groups excluding carboxylic acids is 1. The molecule has 0 amide bonds. The van der Waals surface area contributed by atoms with E-state index >= 15 is 0 Å². The number of methoxy groups -OCH3 is 3. The number of piperazine rings is 1. The number of nitrogens with one attached hydrogen (secondary N) is 1. The minimum Gasteiger partial charge on any atom is -0.497 e. The summed E-state index contributed by atoms with van der Waals surface area (Å²) in [7, 11) is 4.93. The molecule has 0 aromatic heterocycles. The van der Waals surface area contributed by atoms with Crippen molar-refractivity contribution in [3.8, 4) is 17.2 Å². The molecule has 0 radical (unpaired) electrons. The summed E-state index contributed by atoms with van der Waals surface area (Å²) in [6, 6.07) is 9.54.